The third-order valence-electron chi connectivity index (χ3n) is 5.72. The lowest BCUT2D eigenvalue weighted by Crippen LogP contribution is -2.25. The summed E-state index contributed by atoms with van der Waals surface area (Å²) < 4.78 is 10.6. The zero-order valence-electron chi connectivity index (χ0n) is 18.1. The van der Waals surface area contributed by atoms with Gasteiger partial charge >= 0.3 is 0 Å². The molecule has 1 aliphatic rings. The summed E-state index contributed by atoms with van der Waals surface area (Å²) in [7, 11) is 3.24. The maximum atomic E-state index is 12.5. The van der Waals surface area contributed by atoms with Crippen LogP contribution in [0.25, 0.3) is 0 Å². The fraction of sp³-hybridized carbons (Fsp3) is 0.269. The van der Waals surface area contributed by atoms with Gasteiger partial charge in [0.15, 0.2) is 11.5 Å². The Kier molecular flexibility index (Phi) is 6.41. The van der Waals surface area contributed by atoms with Crippen LogP contribution in [0.3, 0.4) is 0 Å². The average Bonchev–Trinajstić information content (AvgIpc) is 3.22. The molecule has 5 heteroatoms. The van der Waals surface area contributed by atoms with E-state index in [1.165, 1.54) is 16.8 Å². The molecule has 0 saturated heterocycles. The first-order chi connectivity index (χ1) is 15.2. The molecule has 0 unspecified atom stereocenters. The lowest BCUT2D eigenvalue weighted by atomic mass is 10.1. The van der Waals surface area contributed by atoms with Crippen LogP contribution in [0.5, 0.6) is 11.5 Å². The number of ether oxygens (including phenoxy) is 2. The fourth-order valence-corrected chi connectivity index (χ4v) is 4.01. The van der Waals surface area contributed by atoms with E-state index in [0.717, 1.165) is 31.5 Å². The second-order valence-corrected chi connectivity index (χ2v) is 7.69. The number of hydrogen-bond acceptors (Lipinski definition) is 4. The molecule has 1 N–H and O–H groups in total. The summed E-state index contributed by atoms with van der Waals surface area (Å²) in [4.78, 5) is 14.9. The Hall–Kier alpha value is -3.47. The van der Waals surface area contributed by atoms with Gasteiger partial charge in [0.2, 0.25) is 0 Å². The molecule has 3 aromatic carbocycles. The van der Waals surface area contributed by atoms with Crippen LogP contribution in [0.15, 0.2) is 66.7 Å². The molecule has 0 aliphatic carbocycles. The van der Waals surface area contributed by atoms with Crippen LogP contribution in [-0.4, -0.2) is 33.2 Å². The molecule has 3 aromatic rings. The highest BCUT2D eigenvalue weighted by Gasteiger charge is 2.18. The predicted octanol–water partition coefficient (Wildman–Crippen LogP) is 4.24. The SMILES string of the molecule is COc1ccc(CCNC(=O)c2ccc(CN3CCc4ccccc43)cc2)cc1OC. The van der Waals surface area contributed by atoms with Crippen molar-refractivity contribution in [1.82, 2.24) is 5.32 Å². The molecule has 1 heterocycles. The maximum Gasteiger partial charge on any atom is 0.251 e. The summed E-state index contributed by atoms with van der Waals surface area (Å²) >= 11 is 0. The number of hydrogen-bond donors (Lipinski definition) is 1. The highest BCUT2D eigenvalue weighted by molar-refractivity contribution is 5.94. The summed E-state index contributed by atoms with van der Waals surface area (Å²) in [6.07, 6.45) is 1.81. The van der Waals surface area contributed by atoms with Gasteiger partial charge in [-0.25, -0.2) is 0 Å². The number of carbonyl (C=O) groups excluding carboxylic acids is 1. The lowest BCUT2D eigenvalue weighted by Gasteiger charge is -2.19. The molecule has 0 fully saturated rings. The molecule has 0 bridgehead atoms. The molecule has 0 atom stereocenters. The van der Waals surface area contributed by atoms with E-state index in [-0.39, 0.29) is 5.91 Å². The molecular formula is C26H28N2O3. The van der Waals surface area contributed by atoms with Crippen LogP contribution in [0, 0.1) is 0 Å². The lowest BCUT2D eigenvalue weighted by molar-refractivity contribution is 0.0954. The number of nitrogens with one attached hydrogen (secondary N) is 1. The molecule has 0 saturated carbocycles. The Bertz CT molecular complexity index is 1050. The van der Waals surface area contributed by atoms with E-state index in [2.05, 4.69) is 34.5 Å². The van der Waals surface area contributed by atoms with Crippen molar-refractivity contribution in [3.05, 3.63) is 89.0 Å². The molecule has 0 spiro atoms. The van der Waals surface area contributed by atoms with Crippen molar-refractivity contribution in [2.75, 3.05) is 32.2 Å². The third kappa shape index (κ3) is 4.82. The van der Waals surface area contributed by atoms with Crippen LogP contribution in [0.4, 0.5) is 5.69 Å². The number of methoxy groups -OCH3 is 2. The van der Waals surface area contributed by atoms with Crippen molar-refractivity contribution >= 4 is 11.6 Å². The van der Waals surface area contributed by atoms with Gasteiger partial charge in [0.05, 0.1) is 14.2 Å². The quantitative estimate of drug-likeness (QED) is 0.597. The second-order valence-electron chi connectivity index (χ2n) is 7.69. The van der Waals surface area contributed by atoms with Crippen LogP contribution < -0.4 is 19.7 Å². The van der Waals surface area contributed by atoms with Gasteiger partial charge in [-0.2, -0.15) is 0 Å². The Morgan fingerprint density at radius 1 is 0.935 bits per heavy atom. The number of fused-ring (bicyclic) bond motifs is 1. The zero-order valence-corrected chi connectivity index (χ0v) is 18.1. The Balaban J connectivity index is 1.30. The standard InChI is InChI=1S/C26H28N2O3/c1-30-24-12-9-19(17-25(24)31-2)13-15-27-26(29)22-10-7-20(8-11-22)18-28-16-14-21-5-3-4-6-23(21)28/h3-12,17H,13-16,18H2,1-2H3,(H,27,29). The molecular weight excluding hydrogens is 388 g/mol. The van der Waals surface area contributed by atoms with Crippen molar-refractivity contribution in [3.63, 3.8) is 0 Å². The van der Waals surface area contributed by atoms with Gasteiger partial charge in [0.25, 0.3) is 5.91 Å². The van der Waals surface area contributed by atoms with Crippen molar-refractivity contribution in [2.45, 2.75) is 19.4 Å². The van der Waals surface area contributed by atoms with Gasteiger partial charge in [-0.15, -0.1) is 0 Å². The first kappa shape index (κ1) is 20.8. The van der Waals surface area contributed by atoms with E-state index in [9.17, 15) is 4.79 Å². The normalized spacial score (nSPS) is 12.4. The van der Waals surface area contributed by atoms with Crippen LogP contribution in [0.2, 0.25) is 0 Å². The number of anilines is 1. The number of rotatable bonds is 8. The van der Waals surface area contributed by atoms with Crippen molar-refractivity contribution in [2.24, 2.45) is 0 Å². The number of carbonyl (C=O) groups is 1. The number of amides is 1. The van der Waals surface area contributed by atoms with E-state index in [0.29, 0.717) is 23.6 Å². The van der Waals surface area contributed by atoms with Crippen LogP contribution in [-0.2, 0) is 19.4 Å². The van der Waals surface area contributed by atoms with Crippen molar-refractivity contribution in [1.29, 1.82) is 0 Å². The minimum Gasteiger partial charge on any atom is -0.493 e. The number of benzene rings is 3. The van der Waals surface area contributed by atoms with E-state index >= 15 is 0 Å². The molecule has 4 rings (SSSR count). The second kappa shape index (κ2) is 9.56. The predicted molar refractivity (Wildman–Crippen MR) is 123 cm³/mol. The number of nitrogens with zero attached hydrogens (tertiary/aromatic N) is 1. The van der Waals surface area contributed by atoms with Gasteiger partial charge < -0.3 is 19.7 Å². The maximum absolute atomic E-state index is 12.5. The first-order valence-electron chi connectivity index (χ1n) is 10.6. The van der Waals surface area contributed by atoms with Crippen molar-refractivity contribution in [3.8, 4) is 11.5 Å². The first-order valence-corrected chi connectivity index (χ1v) is 10.6. The largest absolute Gasteiger partial charge is 0.493 e. The molecule has 1 amide bonds. The topological polar surface area (TPSA) is 50.8 Å². The van der Waals surface area contributed by atoms with Crippen LogP contribution >= 0.6 is 0 Å². The Labute approximate surface area is 183 Å². The van der Waals surface area contributed by atoms with E-state index < -0.39 is 0 Å². The van der Waals surface area contributed by atoms with Crippen LogP contribution in [0.1, 0.15) is 27.0 Å². The summed E-state index contributed by atoms with van der Waals surface area (Å²) in [6, 6.07) is 22.3. The Morgan fingerprint density at radius 3 is 2.45 bits per heavy atom. The highest BCUT2D eigenvalue weighted by Crippen LogP contribution is 2.29. The zero-order chi connectivity index (χ0) is 21.6. The minimum absolute atomic E-state index is 0.0569. The van der Waals surface area contributed by atoms with Gasteiger partial charge in [-0.05, 0) is 59.9 Å². The van der Waals surface area contributed by atoms with E-state index in [1.54, 1.807) is 14.2 Å². The average molecular weight is 417 g/mol. The molecule has 1 aliphatic heterocycles. The smallest absolute Gasteiger partial charge is 0.251 e. The summed E-state index contributed by atoms with van der Waals surface area (Å²) in [5.74, 6) is 1.34. The minimum atomic E-state index is -0.0569. The molecule has 0 aromatic heterocycles. The summed E-state index contributed by atoms with van der Waals surface area (Å²) in [6.45, 7) is 2.45. The highest BCUT2D eigenvalue weighted by atomic mass is 16.5. The number of para-hydroxylation sites is 1. The van der Waals surface area contributed by atoms with E-state index in [1.807, 2.05) is 42.5 Å². The van der Waals surface area contributed by atoms with Gasteiger partial charge in [0.1, 0.15) is 0 Å². The molecule has 0 radical (unpaired) electrons. The molecule has 31 heavy (non-hydrogen) atoms. The summed E-state index contributed by atoms with van der Waals surface area (Å²) in [5, 5.41) is 3.00. The van der Waals surface area contributed by atoms with Crippen molar-refractivity contribution < 1.29 is 14.3 Å². The molecule has 5 nitrogen and oxygen atoms in total. The Morgan fingerprint density at radius 2 is 1.68 bits per heavy atom. The summed E-state index contributed by atoms with van der Waals surface area (Å²) in [5.41, 5.74) is 5.70. The van der Waals surface area contributed by atoms with Gasteiger partial charge in [0, 0.05) is 30.9 Å². The fourth-order valence-electron chi connectivity index (χ4n) is 4.01. The molecule has 160 valence electrons. The van der Waals surface area contributed by atoms with Gasteiger partial charge in [-0.1, -0.05) is 36.4 Å². The third-order valence-corrected chi connectivity index (χ3v) is 5.72. The van der Waals surface area contributed by atoms with Gasteiger partial charge in [-0.3, -0.25) is 4.79 Å². The monoisotopic (exact) mass is 416 g/mol. The van der Waals surface area contributed by atoms with E-state index in [4.69, 9.17) is 9.47 Å².